The Balaban J connectivity index is 1.98. The van der Waals surface area contributed by atoms with Crippen molar-refractivity contribution in [1.29, 1.82) is 0 Å². The van der Waals surface area contributed by atoms with Crippen LogP contribution in [0.2, 0.25) is 0 Å². The van der Waals surface area contributed by atoms with Gasteiger partial charge in [-0.2, -0.15) is 0 Å². The summed E-state index contributed by atoms with van der Waals surface area (Å²) in [6, 6.07) is 5.90. The third kappa shape index (κ3) is 2.73. The lowest BCUT2D eigenvalue weighted by atomic mass is 9.99. The first-order valence-corrected chi connectivity index (χ1v) is 8.89. The Labute approximate surface area is 160 Å². The van der Waals surface area contributed by atoms with Gasteiger partial charge in [-0.05, 0) is 26.2 Å². The van der Waals surface area contributed by atoms with Gasteiger partial charge < -0.3 is 29.4 Å². The number of aromatic nitrogens is 2. The van der Waals surface area contributed by atoms with E-state index in [1.54, 1.807) is 0 Å². The monoisotopic (exact) mass is 383 g/mol. The molecule has 0 saturated carbocycles. The number of aryl methyl sites for hydroxylation is 1. The van der Waals surface area contributed by atoms with Crippen molar-refractivity contribution in [3.05, 3.63) is 45.4 Å². The van der Waals surface area contributed by atoms with E-state index in [4.69, 9.17) is 4.74 Å². The molecular formula is C20H21N3O5. The molecule has 3 aromatic rings. The van der Waals surface area contributed by atoms with Gasteiger partial charge in [-0.15, -0.1) is 0 Å². The molecule has 0 unspecified atom stereocenters. The molecule has 8 heteroatoms. The van der Waals surface area contributed by atoms with Crippen LogP contribution in [0.3, 0.4) is 0 Å². The minimum atomic E-state index is -1.46. The Morgan fingerprint density at radius 1 is 1.32 bits per heavy atom. The van der Waals surface area contributed by atoms with Crippen molar-refractivity contribution in [3.63, 3.8) is 0 Å². The molecule has 0 atom stereocenters. The number of H-pyrrole nitrogens is 1. The zero-order chi connectivity index (χ0) is 20.2. The number of aromatic carboxylic acids is 1. The number of carboxylic acid groups (broad SMARTS) is 1. The SMILES string of the molecule is CN(C)Cc1cc2cc3c(cc2n1C)OCCc1c-3[nH]c(=O)c(C(=O)O)c1O. The molecule has 146 valence electrons. The van der Waals surface area contributed by atoms with E-state index in [1.165, 1.54) is 0 Å². The predicted molar refractivity (Wildman–Crippen MR) is 104 cm³/mol. The first-order valence-electron chi connectivity index (χ1n) is 8.89. The topological polar surface area (TPSA) is 108 Å². The van der Waals surface area contributed by atoms with Gasteiger partial charge in [-0.25, -0.2) is 4.79 Å². The van der Waals surface area contributed by atoms with Gasteiger partial charge in [0.2, 0.25) is 0 Å². The molecule has 0 aliphatic carbocycles. The number of hydrogen-bond donors (Lipinski definition) is 3. The number of aromatic hydroxyl groups is 1. The number of rotatable bonds is 3. The zero-order valence-corrected chi connectivity index (χ0v) is 15.9. The van der Waals surface area contributed by atoms with Gasteiger partial charge in [-0.1, -0.05) is 0 Å². The lowest BCUT2D eigenvalue weighted by Crippen LogP contribution is -2.20. The third-order valence-corrected chi connectivity index (χ3v) is 5.10. The molecule has 0 fully saturated rings. The number of nitrogens with one attached hydrogen (secondary N) is 1. The summed E-state index contributed by atoms with van der Waals surface area (Å²) in [4.78, 5) is 28.3. The molecule has 0 saturated heterocycles. The maximum absolute atomic E-state index is 12.3. The second-order valence-corrected chi connectivity index (χ2v) is 7.27. The normalized spacial score (nSPS) is 13.1. The van der Waals surface area contributed by atoms with Crippen molar-refractivity contribution in [1.82, 2.24) is 14.5 Å². The summed E-state index contributed by atoms with van der Waals surface area (Å²) in [5.41, 5.74) is 2.05. The summed E-state index contributed by atoms with van der Waals surface area (Å²) in [5, 5.41) is 20.6. The quantitative estimate of drug-likeness (QED) is 0.638. The van der Waals surface area contributed by atoms with Gasteiger partial charge in [0.15, 0.2) is 5.56 Å². The summed E-state index contributed by atoms with van der Waals surface area (Å²) < 4.78 is 7.97. The number of benzene rings is 1. The average molecular weight is 383 g/mol. The number of ether oxygens (including phenoxy) is 1. The van der Waals surface area contributed by atoms with E-state index in [0.29, 0.717) is 22.6 Å². The van der Waals surface area contributed by atoms with Gasteiger partial charge >= 0.3 is 5.97 Å². The molecule has 8 nitrogen and oxygen atoms in total. The average Bonchev–Trinajstić information content (AvgIpc) is 2.79. The number of carbonyl (C=O) groups is 1. The summed E-state index contributed by atoms with van der Waals surface area (Å²) in [6.07, 6.45) is 0.287. The van der Waals surface area contributed by atoms with Crippen molar-refractivity contribution >= 4 is 16.9 Å². The molecule has 1 aliphatic heterocycles. The van der Waals surface area contributed by atoms with Crippen LogP contribution >= 0.6 is 0 Å². The van der Waals surface area contributed by atoms with Gasteiger partial charge in [0.1, 0.15) is 11.5 Å². The molecule has 0 radical (unpaired) electrons. The van der Waals surface area contributed by atoms with Crippen molar-refractivity contribution in [2.45, 2.75) is 13.0 Å². The molecule has 3 heterocycles. The Kier molecular flexibility index (Phi) is 4.15. The van der Waals surface area contributed by atoms with Gasteiger partial charge in [0, 0.05) is 48.3 Å². The number of hydrogen-bond acceptors (Lipinski definition) is 5. The van der Waals surface area contributed by atoms with Crippen LogP contribution in [0.25, 0.3) is 22.2 Å². The van der Waals surface area contributed by atoms with Gasteiger partial charge in [0.25, 0.3) is 5.56 Å². The van der Waals surface area contributed by atoms with Gasteiger partial charge in [0.05, 0.1) is 17.8 Å². The fourth-order valence-electron chi connectivity index (χ4n) is 3.78. The number of nitrogens with zero attached hydrogens (tertiary/aromatic N) is 2. The van der Waals surface area contributed by atoms with Gasteiger partial charge in [-0.3, -0.25) is 4.79 Å². The van der Waals surface area contributed by atoms with E-state index in [9.17, 15) is 19.8 Å². The summed E-state index contributed by atoms with van der Waals surface area (Å²) in [6.45, 7) is 1.03. The third-order valence-electron chi connectivity index (χ3n) is 5.10. The molecule has 0 bridgehead atoms. The first kappa shape index (κ1) is 18.1. The molecule has 1 aromatic carbocycles. The number of carboxylic acids is 1. The summed E-state index contributed by atoms with van der Waals surface area (Å²) in [5.74, 6) is -1.37. The van der Waals surface area contributed by atoms with Crippen LogP contribution in [0, 0.1) is 0 Å². The minimum Gasteiger partial charge on any atom is -0.506 e. The van der Waals surface area contributed by atoms with Crippen LogP contribution in [0.1, 0.15) is 21.6 Å². The first-order chi connectivity index (χ1) is 13.3. The standard InChI is InChI=1S/C20H21N3O5/c1-22(2)9-11-6-10-7-13-15(8-14(10)23(11)3)28-5-4-12-17(13)21-19(25)16(18(12)24)20(26)27/h6-8H,4-5,9H2,1-3H3,(H,26,27)(H2,21,24,25). The second-order valence-electron chi connectivity index (χ2n) is 7.27. The highest BCUT2D eigenvalue weighted by Gasteiger charge is 2.26. The second kappa shape index (κ2) is 6.42. The zero-order valence-electron chi connectivity index (χ0n) is 15.9. The molecule has 4 rings (SSSR count). The van der Waals surface area contributed by atoms with Crippen molar-refractivity contribution in [2.24, 2.45) is 7.05 Å². The van der Waals surface area contributed by atoms with E-state index < -0.39 is 22.8 Å². The fraction of sp³-hybridized carbons (Fsp3) is 0.300. The van der Waals surface area contributed by atoms with Crippen LogP contribution < -0.4 is 10.3 Å². The van der Waals surface area contributed by atoms with Crippen LogP contribution in [0.5, 0.6) is 11.5 Å². The minimum absolute atomic E-state index is 0.263. The lowest BCUT2D eigenvalue weighted by Gasteiger charge is -2.12. The van der Waals surface area contributed by atoms with Crippen LogP contribution in [-0.2, 0) is 20.0 Å². The highest BCUT2D eigenvalue weighted by Crippen LogP contribution is 2.40. The smallest absolute Gasteiger partial charge is 0.345 e. The number of aromatic amines is 1. The fourth-order valence-corrected chi connectivity index (χ4v) is 3.78. The van der Waals surface area contributed by atoms with Crippen molar-refractivity contribution in [3.8, 4) is 22.8 Å². The molecule has 28 heavy (non-hydrogen) atoms. The van der Waals surface area contributed by atoms with E-state index >= 15 is 0 Å². The maximum atomic E-state index is 12.3. The van der Waals surface area contributed by atoms with Crippen LogP contribution in [-0.4, -0.2) is 51.3 Å². The van der Waals surface area contributed by atoms with Crippen LogP contribution in [0.15, 0.2) is 23.0 Å². The van der Waals surface area contributed by atoms with Crippen molar-refractivity contribution < 1.29 is 19.7 Å². The molecule has 3 N–H and O–H groups in total. The van der Waals surface area contributed by atoms with E-state index in [-0.39, 0.29) is 13.0 Å². The highest BCUT2D eigenvalue weighted by atomic mass is 16.5. The Morgan fingerprint density at radius 2 is 2.07 bits per heavy atom. The number of pyridine rings is 1. The summed E-state index contributed by atoms with van der Waals surface area (Å²) in [7, 11) is 5.99. The molecule has 1 aliphatic rings. The Morgan fingerprint density at radius 3 is 2.75 bits per heavy atom. The molecule has 2 aromatic heterocycles. The molecule has 0 spiro atoms. The van der Waals surface area contributed by atoms with E-state index in [0.717, 1.165) is 23.1 Å². The predicted octanol–water partition coefficient (Wildman–Crippen LogP) is 1.93. The largest absolute Gasteiger partial charge is 0.506 e. The highest BCUT2D eigenvalue weighted by molar-refractivity contribution is 5.94. The van der Waals surface area contributed by atoms with E-state index in [1.807, 2.05) is 33.3 Å². The lowest BCUT2D eigenvalue weighted by molar-refractivity contribution is 0.0691. The summed E-state index contributed by atoms with van der Waals surface area (Å²) >= 11 is 0. The molecule has 0 amide bonds. The van der Waals surface area contributed by atoms with E-state index in [2.05, 4.69) is 20.5 Å². The Bertz CT molecular complexity index is 1170. The number of fused-ring (bicyclic) bond motifs is 4. The molecular weight excluding hydrogens is 362 g/mol. The maximum Gasteiger partial charge on any atom is 0.345 e. The Hall–Kier alpha value is -3.26. The van der Waals surface area contributed by atoms with Crippen molar-refractivity contribution in [2.75, 3.05) is 20.7 Å². The van der Waals surface area contributed by atoms with Crippen LogP contribution in [0.4, 0.5) is 0 Å².